The number of amides is 1. The summed E-state index contributed by atoms with van der Waals surface area (Å²) in [7, 11) is 0. The highest BCUT2D eigenvalue weighted by Gasteiger charge is 2.01. The third-order valence-electron chi connectivity index (χ3n) is 9.31. The zero-order valence-corrected chi connectivity index (χ0v) is 47.2. The van der Waals surface area contributed by atoms with Crippen LogP contribution in [0.1, 0.15) is 6.42 Å². The van der Waals surface area contributed by atoms with Gasteiger partial charge in [-0.1, -0.05) is 0 Å². The van der Waals surface area contributed by atoms with Gasteiger partial charge in [0.25, 0.3) is 0 Å². The van der Waals surface area contributed by atoms with Gasteiger partial charge in [-0.25, -0.2) is 0 Å². The maximum absolute atomic E-state index is 10.6. The molecule has 0 aliphatic heterocycles. The van der Waals surface area contributed by atoms with Crippen LogP contribution in [0.4, 0.5) is 0 Å². The summed E-state index contributed by atoms with van der Waals surface area (Å²) in [5.41, 5.74) is 10.4. The smallest absolute Gasteiger partial charge is 0.219 e. The number of nitrogens with two attached hydrogens (primary N) is 2. The second-order valence-electron chi connectivity index (χ2n) is 15.7. The van der Waals surface area contributed by atoms with Crippen molar-refractivity contribution >= 4 is 5.91 Å². The molecule has 1 amide bonds. The van der Waals surface area contributed by atoms with Crippen molar-refractivity contribution in [2.75, 3.05) is 324 Å². The van der Waals surface area contributed by atoms with Crippen molar-refractivity contribution in [3.05, 3.63) is 0 Å². The Balaban J connectivity index is 3.08. The van der Waals surface area contributed by atoms with Crippen LogP contribution >= 0.6 is 0 Å². The molecule has 0 aliphatic carbocycles. The fraction of sp³-hybridized carbons (Fsp3) is 0.980. The minimum absolute atomic E-state index is 0.213. The number of hydrogen-bond donors (Lipinski definition) is 2. The Morgan fingerprint density at radius 2 is 0.256 bits per heavy atom. The molecule has 0 aromatic heterocycles. The van der Waals surface area contributed by atoms with Crippen LogP contribution in [-0.2, 0) is 118 Å². The molecule has 0 saturated carbocycles. The molecule has 0 heterocycles. The Kier molecular flexibility index (Phi) is 72.0. The van der Waals surface area contributed by atoms with Gasteiger partial charge in [-0.3, -0.25) is 4.79 Å². The second kappa shape index (κ2) is 73.5. The standard InChI is InChI=1S/C51H104N2O25/c52-2-4-56-6-8-58-10-12-60-14-16-62-18-20-64-22-24-66-26-28-68-30-32-70-34-36-72-38-40-74-42-44-76-46-48-78-50-49-77-47-45-75-43-41-73-39-37-71-35-33-69-31-29-67-27-25-65-23-21-63-19-17-61-15-13-59-11-9-57-7-5-55-3-1-51(53)54/h1-50,52H2,(H2,53,54). The normalized spacial score (nSPS) is 11.7. The summed E-state index contributed by atoms with van der Waals surface area (Å²) in [5.74, 6) is -0.380. The third-order valence-corrected chi connectivity index (χ3v) is 9.31. The Hall–Kier alpha value is -1.53. The van der Waals surface area contributed by atoms with Crippen molar-refractivity contribution in [1.29, 1.82) is 0 Å². The van der Waals surface area contributed by atoms with Gasteiger partial charge in [0.2, 0.25) is 5.91 Å². The van der Waals surface area contributed by atoms with Gasteiger partial charge < -0.3 is 125 Å². The van der Waals surface area contributed by atoms with E-state index in [4.69, 9.17) is 125 Å². The van der Waals surface area contributed by atoms with Crippen molar-refractivity contribution in [2.45, 2.75) is 6.42 Å². The molecule has 0 aliphatic rings. The number of rotatable bonds is 74. The zero-order chi connectivity index (χ0) is 55.9. The molecule has 4 N–H and O–H groups in total. The Labute approximate surface area is 465 Å². The van der Waals surface area contributed by atoms with Crippen LogP contribution in [0.5, 0.6) is 0 Å². The summed E-state index contributed by atoms with van der Waals surface area (Å²) in [6.07, 6.45) is 0.213. The van der Waals surface area contributed by atoms with Gasteiger partial charge in [0.1, 0.15) is 0 Å². The van der Waals surface area contributed by atoms with Gasteiger partial charge in [-0.2, -0.15) is 0 Å². The van der Waals surface area contributed by atoms with Crippen LogP contribution in [0, 0.1) is 0 Å². The van der Waals surface area contributed by atoms with E-state index in [1.807, 2.05) is 0 Å². The van der Waals surface area contributed by atoms with Crippen molar-refractivity contribution < 1.29 is 118 Å². The number of primary amides is 1. The first kappa shape index (κ1) is 76.5. The highest BCUT2D eigenvalue weighted by molar-refractivity contribution is 5.73. The number of carbonyl (C=O) groups excluding carboxylic acids is 1. The van der Waals surface area contributed by atoms with Crippen LogP contribution in [0.15, 0.2) is 0 Å². The SMILES string of the molecule is NCCOCCOCCOCCOCCOCCOCCOCCOCCOCCOCCOCCOCCOCCOCCOCCOCCOCCOCCOCCOCCOCCOCCOCCOCCC(N)=O. The molecule has 0 radical (unpaired) electrons. The molecule has 0 fully saturated rings. The molecule has 468 valence electrons. The van der Waals surface area contributed by atoms with Gasteiger partial charge >= 0.3 is 0 Å². The van der Waals surface area contributed by atoms with Crippen LogP contribution in [0.3, 0.4) is 0 Å². The zero-order valence-electron chi connectivity index (χ0n) is 47.2. The summed E-state index contributed by atoms with van der Waals surface area (Å²) in [6.45, 7) is 23.8. The van der Waals surface area contributed by atoms with E-state index in [1.54, 1.807) is 0 Å². The molecule has 0 bridgehead atoms. The molecular formula is C51H104N2O25. The first-order valence-corrected chi connectivity index (χ1v) is 27.6. The fourth-order valence-corrected chi connectivity index (χ4v) is 5.42. The molecule has 0 aromatic rings. The van der Waals surface area contributed by atoms with Crippen LogP contribution in [0.25, 0.3) is 0 Å². The Bertz CT molecular complexity index is 1090. The van der Waals surface area contributed by atoms with Crippen molar-refractivity contribution in [1.82, 2.24) is 0 Å². The fourth-order valence-electron chi connectivity index (χ4n) is 5.42. The minimum Gasteiger partial charge on any atom is -0.379 e. The third kappa shape index (κ3) is 74.5. The first-order valence-electron chi connectivity index (χ1n) is 27.6. The average Bonchev–Trinajstić information content (AvgIpc) is 3.44. The van der Waals surface area contributed by atoms with Gasteiger partial charge in [-0.05, 0) is 0 Å². The van der Waals surface area contributed by atoms with Gasteiger partial charge in [-0.15, -0.1) is 0 Å². The number of ether oxygens (including phenoxy) is 24. The average molecular weight is 1150 g/mol. The Morgan fingerprint density at radius 1 is 0.167 bits per heavy atom. The molecule has 0 rings (SSSR count). The van der Waals surface area contributed by atoms with E-state index >= 15 is 0 Å². The first-order chi connectivity index (χ1) is 38.8. The number of carbonyl (C=O) groups is 1. The summed E-state index contributed by atoms with van der Waals surface area (Å²) in [5, 5.41) is 0. The summed E-state index contributed by atoms with van der Waals surface area (Å²) >= 11 is 0. The lowest BCUT2D eigenvalue weighted by molar-refractivity contribution is -0.119. The van der Waals surface area contributed by atoms with Gasteiger partial charge in [0.15, 0.2) is 0 Å². The summed E-state index contributed by atoms with van der Waals surface area (Å²) < 4.78 is 131. The predicted molar refractivity (Wildman–Crippen MR) is 283 cm³/mol. The summed E-state index contributed by atoms with van der Waals surface area (Å²) in [4.78, 5) is 10.6. The minimum atomic E-state index is -0.380. The topological polar surface area (TPSA) is 291 Å². The molecule has 27 nitrogen and oxygen atoms in total. The Morgan fingerprint density at radius 3 is 0.346 bits per heavy atom. The van der Waals surface area contributed by atoms with E-state index in [1.165, 1.54) is 0 Å². The van der Waals surface area contributed by atoms with Crippen molar-refractivity contribution in [3.63, 3.8) is 0 Å². The lowest BCUT2D eigenvalue weighted by atomic mass is 10.4. The molecule has 78 heavy (non-hydrogen) atoms. The van der Waals surface area contributed by atoms with Crippen LogP contribution in [0.2, 0.25) is 0 Å². The van der Waals surface area contributed by atoms with E-state index < -0.39 is 0 Å². The van der Waals surface area contributed by atoms with Crippen molar-refractivity contribution in [2.24, 2.45) is 11.5 Å². The predicted octanol–water partition coefficient (Wildman–Crippen LogP) is -0.781. The highest BCUT2D eigenvalue weighted by Crippen LogP contribution is 1.91. The molecule has 0 unspecified atom stereocenters. The van der Waals surface area contributed by atoms with E-state index in [2.05, 4.69) is 0 Å². The maximum atomic E-state index is 10.6. The van der Waals surface area contributed by atoms with Gasteiger partial charge in [0, 0.05) is 13.0 Å². The van der Waals surface area contributed by atoms with E-state index in [-0.39, 0.29) is 12.3 Å². The highest BCUT2D eigenvalue weighted by atomic mass is 16.6. The monoisotopic (exact) mass is 1140 g/mol. The lowest BCUT2D eigenvalue weighted by Gasteiger charge is -2.09. The van der Waals surface area contributed by atoms with Crippen LogP contribution < -0.4 is 11.5 Å². The molecule has 0 spiro atoms. The number of hydrogen-bond acceptors (Lipinski definition) is 26. The molecular weight excluding hydrogens is 1040 g/mol. The van der Waals surface area contributed by atoms with Gasteiger partial charge in [0.05, 0.1) is 317 Å². The maximum Gasteiger partial charge on any atom is 0.219 e. The van der Waals surface area contributed by atoms with Crippen molar-refractivity contribution in [3.8, 4) is 0 Å². The quantitative estimate of drug-likeness (QED) is 0.0706. The second-order valence-corrected chi connectivity index (χ2v) is 15.7. The molecule has 0 aromatic carbocycles. The van der Waals surface area contributed by atoms with Crippen LogP contribution in [-0.4, -0.2) is 330 Å². The summed E-state index contributed by atoms with van der Waals surface area (Å²) in [6, 6.07) is 0. The molecule has 0 saturated heterocycles. The van der Waals surface area contributed by atoms with E-state index in [0.29, 0.717) is 324 Å². The van der Waals surface area contributed by atoms with E-state index in [9.17, 15) is 4.79 Å². The molecule has 0 atom stereocenters. The van der Waals surface area contributed by atoms with E-state index in [0.717, 1.165) is 0 Å². The largest absolute Gasteiger partial charge is 0.379 e. The lowest BCUT2D eigenvalue weighted by Crippen LogP contribution is -2.16. The molecule has 27 heteroatoms.